The molecular weight excluding hydrogens is 348 g/mol. The van der Waals surface area contributed by atoms with E-state index in [1.807, 2.05) is 7.05 Å². The maximum atomic E-state index is 12.5. The van der Waals surface area contributed by atoms with E-state index in [4.69, 9.17) is 0 Å². The molecule has 4 nitrogen and oxygen atoms in total. The van der Waals surface area contributed by atoms with Gasteiger partial charge in [0.1, 0.15) is 4.90 Å². The van der Waals surface area contributed by atoms with Gasteiger partial charge in [-0.2, -0.15) is 0 Å². The van der Waals surface area contributed by atoms with Crippen molar-refractivity contribution in [1.29, 1.82) is 0 Å². The molecule has 1 aliphatic rings. The van der Waals surface area contributed by atoms with E-state index >= 15 is 0 Å². The Morgan fingerprint density at radius 3 is 2.74 bits per heavy atom. The Hall–Kier alpha value is 0.0500. The Labute approximate surface area is 127 Å². The van der Waals surface area contributed by atoms with Gasteiger partial charge < -0.3 is 5.32 Å². The fourth-order valence-electron chi connectivity index (χ4n) is 2.14. The first-order valence-electron chi connectivity index (χ1n) is 6.34. The highest BCUT2D eigenvalue weighted by Crippen LogP contribution is 2.34. The van der Waals surface area contributed by atoms with Crippen molar-refractivity contribution < 1.29 is 8.42 Å². The molecule has 1 N–H and O–H groups in total. The first-order chi connectivity index (χ1) is 8.95. The average molecular weight is 367 g/mol. The molecule has 108 valence electrons. The molecule has 0 radical (unpaired) electrons. The van der Waals surface area contributed by atoms with Gasteiger partial charge in [0.2, 0.25) is 10.0 Å². The molecule has 0 aromatic carbocycles. The number of nitrogens with one attached hydrogen (secondary N) is 1. The summed E-state index contributed by atoms with van der Waals surface area (Å²) in [5.74, 6) is 0.536. The fourth-order valence-corrected chi connectivity index (χ4v) is 6.03. The molecule has 2 rings (SSSR count). The number of nitrogens with zero attached hydrogens (tertiary/aromatic N) is 1. The van der Waals surface area contributed by atoms with Crippen molar-refractivity contribution in [1.82, 2.24) is 9.62 Å². The molecule has 7 heteroatoms. The van der Waals surface area contributed by atoms with Gasteiger partial charge >= 0.3 is 0 Å². The molecule has 1 aromatic rings. The molecule has 0 aliphatic heterocycles. The van der Waals surface area contributed by atoms with Gasteiger partial charge in [-0.3, -0.25) is 0 Å². The van der Waals surface area contributed by atoms with E-state index in [1.165, 1.54) is 22.1 Å². The summed E-state index contributed by atoms with van der Waals surface area (Å²) in [4.78, 5) is 1.41. The van der Waals surface area contributed by atoms with E-state index in [9.17, 15) is 8.42 Å². The van der Waals surface area contributed by atoms with Crippen molar-refractivity contribution in [2.45, 2.75) is 30.7 Å². The summed E-state index contributed by atoms with van der Waals surface area (Å²) in [7, 11) is 0.158. The molecule has 1 saturated carbocycles. The van der Waals surface area contributed by atoms with Gasteiger partial charge in [0.05, 0.1) is 3.79 Å². The largest absolute Gasteiger partial charge is 0.315 e. The van der Waals surface area contributed by atoms with Crippen LogP contribution in [0.3, 0.4) is 0 Å². The van der Waals surface area contributed by atoms with Crippen molar-refractivity contribution in [2.24, 2.45) is 5.92 Å². The highest BCUT2D eigenvalue weighted by Gasteiger charge is 2.29. The van der Waals surface area contributed by atoms with Gasteiger partial charge in [0.15, 0.2) is 0 Å². The number of thiophene rings is 1. The summed E-state index contributed by atoms with van der Waals surface area (Å²) in [6.07, 6.45) is 3.53. The van der Waals surface area contributed by atoms with E-state index in [0.717, 1.165) is 17.7 Å². The first-order valence-corrected chi connectivity index (χ1v) is 9.39. The molecular formula is C12H19BrN2O2S2. The summed E-state index contributed by atoms with van der Waals surface area (Å²) in [5.41, 5.74) is 0. The second-order valence-electron chi connectivity index (χ2n) is 4.96. The second kappa shape index (κ2) is 6.22. The molecule has 0 amide bonds. The van der Waals surface area contributed by atoms with E-state index in [0.29, 0.717) is 27.7 Å². The molecule has 0 unspecified atom stereocenters. The van der Waals surface area contributed by atoms with Crippen LogP contribution in [0.15, 0.2) is 14.7 Å². The van der Waals surface area contributed by atoms with Crippen molar-refractivity contribution in [3.05, 3.63) is 14.7 Å². The quantitative estimate of drug-likeness (QED) is 0.841. The Kier molecular flexibility index (Phi) is 5.05. The maximum Gasteiger partial charge on any atom is 0.244 e. The summed E-state index contributed by atoms with van der Waals surface area (Å²) in [5, 5.41) is 3.04. The van der Waals surface area contributed by atoms with Crippen LogP contribution in [0, 0.1) is 5.92 Å². The Balaban J connectivity index is 2.17. The fraction of sp³-hybridized carbons (Fsp3) is 0.667. The summed E-state index contributed by atoms with van der Waals surface area (Å²) in [6.45, 7) is 1.32. The van der Waals surface area contributed by atoms with Gasteiger partial charge in [-0.1, -0.05) is 6.42 Å². The van der Waals surface area contributed by atoms with Crippen LogP contribution in [-0.2, 0) is 16.6 Å². The van der Waals surface area contributed by atoms with Crippen LogP contribution in [-0.4, -0.2) is 33.4 Å². The van der Waals surface area contributed by atoms with Crippen molar-refractivity contribution in [2.75, 3.05) is 20.6 Å². The van der Waals surface area contributed by atoms with Gasteiger partial charge in [0.25, 0.3) is 0 Å². The molecule has 1 heterocycles. The molecule has 0 bridgehead atoms. The predicted molar refractivity (Wildman–Crippen MR) is 81.9 cm³/mol. The molecule has 0 saturated heterocycles. The number of rotatable bonds is 6. The molecule has 1 aliphatic carbocycles. The third-order valence-corrected chi connectivity index (χ3v) is 7.56. The number of halogens is 1. The van der Waals surface area contributed by atoms with Gasteiger partial charge in [-0.15, -0.1) is 11.3 Å². The van der Waals surface area contributed by atoms with Crippen molar-refractivity contribution in [3.63, 3.8) is 0 Å². The number of hydrogen-bond acceptors (Lipinski definition) is 4. The average Bonchev–Trinajstić information content (AvgIpc) is 2.65. The summed E-state index contributed by atoms with van der Waals surface area (Å²) in [6, 6.07) is 1.76. The van der Waals surface area contributed by atoms with Gasteiger partial charge in [0, 0.05) is 25.0 Å². The van der Waals surface area contributed by atoms with E-state index in [1.54, 1.807) is 13.1 Å². The zero-order valence-corrected chi connectivity index (χ0v) is 14.4. The SMILES string of the molecule is CNCc1cc(S(=O)(=O)N(C)CC2CCC2)c(Br)s1. The Morgan fingerprint density at radius 1 is 1.53 bits per heavy atom. The smallest absolute Gasteiger partial charge is 0.244 e. The number of hydrogen-bond donors (Lipinski definition) is 1. The van der Waals surface area contributed by atoms with E-state index in [2.05, 4.69) is 21.2 Å². The highest BCUT2D eigenvalue weighted by molar-refractivity contribution is 9.11. The number of sulfonamides is 1. The lowest BCUT2D eigenvalue weighted by molar-refractivity contribution is 0.263. The zero-order chi connectivity index (χ0) is 14.0. The van der Waals surface area contributed by atoms with Gasteiger partial charge in [-0.05, 0) is 47.8 Å². The topological polar surface area (TPSA) is 49.4 Å². The lowest BCUT2D eigenvalue weighted by Gasteiger charge is -2.29. The minimum atomic E-state index is -3.37. The Morgan fingerprint density at radius 2 is 2.21 bits per heavy atom. The second-order valence-corrected chi connectivity index (χ2v) is 9.43. The van der Waals surface area contributed by atoms with E-state index < -0.39 is 10.0 Å². The van der Waals surface area contributed by atoms with Crippen LogP contribution in [0.25, 0.3) is 0 Å². The monoisotopic (exact) mass is 366 g/mol. The Bertz CT molecular complexity index is 538. The third-order valence-electron chi connectivity index (χ3n) is 3.49. The van der Waals surface area contributed by atoms with Crippen LogP contribution in [0.5, 0.6) is 0 Å². The highest BCUT2D eigenvalue weighted by atomic mass is 79.9. The third kappa shape index (κ3) is 3.39. The van der Waals surface area contributed by atoms with Crippen LogP contribution >= 0.6 is 27.3 Å². The van der Waals surface area contributed by atoms with Crippen LogP contribution in [0.2, 0.25) is 0 Å². The maximum absolute atomic E-state index is 12.5. The molecule has 1 aromatic heterocycles. The molecule has 19 heavy (non-hydrogen) atoms. The zero-order valence-electron chi connectivity index (χ0n) is 11.1. The lowest BCUT2D eigenvalue weighted by Crippen LogP contribution is -2.34. The minimum absolute atomic E-state index is 0.393. The van der Waals surface area contributed by atoms with Crippen LogP contribution in [0.4, 0.5) is 0 Å². The summed E-state index contributed by atoms with van der Waals surface area (Å²) >= 11 is 4.84. The molecule has 1 fully saturated rings. The van der Waals surface area contributed by atoms with Crippen molar-refractivity contribution in [3.8, 4) is 0 Å². The van der Waals surface area contributed by atoms with Gasteiger partial charge in [-0.25, -0.2) is 12.7 Å². The lowest BCUT2D eigenvalue weighted by atomic mass is 9.86. The van der Waals surface area contributed by atoms with Crippen LogP contribution in [0.1, 0.15) is 24.1 Å². The predicted octanol–water partition coefficient (Wildman–Crippen LogP) is 2.65. The normalized spacial score (nSPS) is 16.8. The van der Waals surface area contributed by atoms with E-state index in [-0.39, 0.29) is 0 Å². The summed E-state index contributed by atoms with van der Waals surface area (Å²) < 4.78 is 27.2. The standard InChI is InChI=1S/C12H19BrN2O2S2/c1-14-7-10-6-11(12(13)18-10)19(16,17)15(2)8-9-4-3-5-9/h6,9,14H,3-5,7-8H2,1-2H3. The minimum Gasteiger partial charge on any atom is -0.315 e. The van der Waals surface area contributed by atoms with Crippen molar-refractivity contribution >= 4 is 37.3 Å². The van der Waals surface area contributed by atoms with Crippen LogP contribution < -0.4 is 5.32 Å². The molecule has 0 atom stereocenters. The first kappa shape index (κ1) is 15.4. The molecule has 0 spiro atoms.